The summed E-state index contributed by atoms with van der Waals surface area (Å²) in [6, 6.07) is 6.25. The van der Waals surface area contributed by atoms with Crippen LogP contribution in [0.15, 0.2) is 18.2 Å². The largest absolute Gasteiger partial charge is 0.372 e. The highest BCUT2D eigenvalue weighted by atomic mass is 35.5. The van der Waals surface area contributed by atoms with Gasteiger partial charge in [0, 0.05) is 23.8 Å². The number of halogens is 1. The number of anilines is 1. The summed E-state index contributed by atoms with van der Waals surface area (Å²) in [6.07, 6.45) is 0.563. The topological polar surface area (TPSA) is 12.5 Å². The van der Waals surface area contributed by atoms with Crippen molar-refractivity contribution in [3.8, 4) is 0 Å². The molecule has 0 unspecified atom stereocenters. The molecule has 2 rings (SSSR count). The molecule has 16 heavy (non-hydrogen) atoms. The van der Waals surface area contributed by atoms with Crippen LogP contribution in [0.2, 0.25) is 5.02 Å². The Morgan fingerprint density at radius 2 is 1.88 bits per heavy atom. The standard InChI is InChI=1S/C13H18ClNO/c1-9-4-5-12(6-13(9)14)15-7-10(2)16-11(3)8-15/h4-6,10-11H,7-8H2,1-3H3/t10-,11+. The molecular formula is C13H18ClNO. The first-order chi connectivity index (χ1) is 7.56. The van der Waals surface area contributed by atoms with Gasteiger partial charge in [0.2, 0.25) is 0 Å². The molecule has 0 spiro atoms. The molecule has 2 nitrogen and oxygen atoms in total. The van der Waals surface area contributed by atoms with Crippen molar-refractivity contribution < 1.29 is 4.74 Å². The van der Waals surface area contributed by atoms with Crippen LogP contribution >= 0.6 is 11.6 Å². The highest BCUT2D eigenvalue weighted by Gasteiger charge is 2.22. The molecule has 1 saturated heterocycles. The second-order valence-corrected chi connectivity index (χ2v) is 5.00. The first-order valence-electron chi connectivity index (χ1n) is 5.73. The van der Waals surface area contributed by atoms with Crippen molar-refractivity contribution in [2.24, 2.45) is 0 Å². The van der Waals surface area contributed by atoms with Crippen molar-refractivity contribution in [2.75, 3.05) is 18.0 Å². The fourth-order valence-corrected chi connectivity index (χ4v) is 2.34. The van der Waals surface area contributed by atoms with Gasteiger partial charge in [0.15, 0.2) is 0 Å². The second kappa shape index (κ2) is 4.64. The minimum atomic E-state index is 0.281. The van der Waals surface area contributed by atoms with E-state index in [0.717, 1.165) is 23.7 Å². The zero-order chi connectivity index (χ0) is 11.7. The van der Waals surface area contributed by atoms with Crippen molar-refractivity contribution in [1.82, 2.24) is 0 Å². The van der Waals surface area contributed by atoms with Crippen LogP contribution in [0.3, 0.4) is 0 Å². The monoisotopic (exact) mass is 239 g/mol. The molecule has 1 heterocycles. The molecule has 0 saturated carbocycles. The van der Waals surface area contributed by atoms with Gasteiger partial charge in [-0.2, -0.15) is 0 Å². The normalized spacial score (nSPS) is 25.9. The molecule has 1 aromatic carbocycles. The van der Waals surface area contributed by atoms with Gasteiger partial charge in [-0.05, 0) is 38.5 Å². The van der Waals surface area contributed by atoms with Gasteiger partial charge in [0.25, 0.3) is 0 Å². The molecule has 0 aromatic heterocycles. The summed E-state index contributed by atoms with van der Waals surface area (Å²) < 4.78 is 5.72. The van der Waals surface area contributed by atoms with Crippen molar-refractivity contribution >= 4 is 17.3 Å². The van der Waals surface area contributed by atoms with Gasteiger partial charge in [-0.15, -0.1) is 0 Å². The van der Waals surface area contributed by atoms with Gasteiger partial charge in [-0.3, -0.25) is 0 Å². The van der Waals surface area contributed by atoms with Gasteiger partial charge < -0.3 is 9.64 Å². The van der Waals surface area contributed by atoms with Crippen LogP contribution in [-0.2, 0) is 4.74 Å². The lowest BCUT2D eigenvalue weighted by atomic mass is 10.1. The van der Waals surface area contributed by atoms with Gasteiger partial charge in [-0.1, -0.05) is 17.7 Å². The number of hydrogen-bond acceptors (Lipinski definition) is 2. The maximum atomic E-state index is 6.15. The summed E-state index contributed by atoms with van der Waals surface area (Å²) in [4.78, 5) is 2.34. The van der Waals surface area contributed by atoms with Crippen LogP contribution in [0.25, 0.3) is 0 Å². The van der Waals surface area contributed by atoms with E-state index in [4.69, 9.17) is 16.3 Å². The van der Waals surface area contributed by atoms with Gasteiger partial charge in [0.05, 0.1) is 12.2 Å². The third-order valence-corrected chi connectivity index (χ3v) is 3.35. The molecular weight excluding hydrogens is 222 g/mol. The fourth-order valence-electron chi connectivity index (χ4n) is 2.17. The van der Waals surface area contributed by atoms with E-state index in [2.05, 4.69) is 30.9 Å². The third kappa shape index (κ3) is 2.50. The zero-order valence-corrected chi connectivity index (χ0v) is 10.8. The quantitative estimate of drug-likeness (QED) is 0.746. The number of benzene rings is 1. The Morgan fingerprint density at radius 3 is 2.44 bits per heavy atom. The summed E-state index contributed by atoms with van der Waals surface area (Å²) in [5.74, 6) is 0. The van der Waals surface area contributed by atoms with E-state index in [9.17, 15) is 0 Å². The van der Waals surface area contributed by atoms with Gasteiger partial charge in [-0.25, -0.2) is 0 Å². The highest BCUT2D eigenvalue weighted by Crippen LogP contribution is 2.25. The molecule has 1 fully saturated rings. The van der Waals surface area contributed by atoms with Crippen LogP contribution in [0.5, 0.6) is 0 Å². The Labute approximate surface area is 102 Å². The predicted molar refractivity (Wildman–Crippen MR) is 68.4 cm³/mol. The lowest BCUT2D eigenvalue weighted by Gasteiger charge is -2.37. The van der Waals surface area contributed by atoms with E-state index < -0.39 is 0 Å². The number of nitrogens with zero attached hydrogens (tertiary/aromatic N) is 1. The molecule has 0 aliphatic carbocycles. The second-order valence-electron chi connectivity index (χ2n) is 4.60. The highest BCUT2D eigenvalue weighted by molar-refractivity contribution is 6.31. The number of aryl methyl sites for hydroxylation is 1. The Morgan fingerprint density at radius 1 is 1.25 bits per heavy atom. The Balaban J connectivity index is 2.19. The summed E-state index contributed by atoms with van der Waals surface area (Å²) in [7, 11) is 0. The molecule has 0 radical (unpaired) electrons. The first kappa shape index (κ1) is 11.7. The van der Waals surface area contributed by atoms with Gasteiger partial charge >= 0.3 is 0 Å². The minimum absolute atomic E-state index is 0.281. The van der Waals surface area contributed by atoms with Crippen LogP contribution in [-0.4, -0.2) is 25.3 Å². The Bertz CT molecular complexity index is 370. The maximum absolute atomic E-state index is 6.15. The van der Waals surface area contributed by atoms with Crippen molar-refractivity contribution in [2.45, 2.75) is 33.0 Å². The summed E-state index contributed by atoms with van der Waals surface area (Å²) in [5, 5.41) is 0.837. The van der Waals surface area contributed by atoms with Crippen molar-refractivity contribution in [3.05, 3.63) is 28.8 Å². The lowest BCUT2D eigenvalue weighted by Crippen LogP contribution is -2.45. The van der Waals surface area contributed by atoms with Gasteiger partial charge in [0.1, 0.15) is 0 Å². The average molecular weight is 240 g/mol. The third-order valence-electron chi connectivity index (χ3n) is 2.94. The molecule has 0 bridgehead atoms. The molecule has 2 atom stereocenters. The molecule has 0 N–H and O–H groups in total. The summed E-state index contributed by atoms with van der Waals surface area (Å²) in [5.41, 5.74) is 2.32. The lowest BCUT2D eigenvalue weighted by molar-refractivity contribution is -0.00521. The van der Waals surface area contributed by atoms with Crippen LogP contribution in [0.1, 0.15) is 19.4 Å². The molecule has 88 valence electrons. The van der Waals surface area contributed by atoms with E-state index in [1.165, 1.54) is 5.69 Å². The van der Waals surface area contributed by atoms with E-state index in [1.54, 1.807) is 0 Å². The SMILES string of the molecule is Cc1ccc(N2C[C@@H](C)O[C@@H](C)C2)cc1Cl. The van der Waals surface area contributed by atoms with Crippen LogP contribution in [0.4, 0.5) is 5.69 Å². The molecule has 1 aliphatic heterocycles. The zero-order valence-electron chi connectivity index (χ0n) is 10.0. The fraction of sp³-hybridized carbons (Fsp3) is 0.538. The number of hydrogen-bond donors (Lipinski definition) is 0. The molecule has 3 heteroatoms. The Hall–Kier alpha value is -0.730. The molecule has 0 amide bonds. The maximum Gasteiger partial charge on any atom is 0.0726 e. The number of morpholine rings is 1. The van der Waals surface area contributed by atoms with E-state index in [1.807, 2.05) is 13.0 Å². The average Bonchev–Trinajstić information content (AvgIpc) is 2.20. The van der Waals surface area contributed by atoms with Crippen molar-refractivity contribution in [1.29, 1.82) is 0 Å². The molecule has 1 aromatic rings. The van der Waals surface area contributed by atoms with E-state index in [0.29, 0.717) is 0 Å². The van der Waals surface area contributed by atoms with Crippen LogP contribution < -0.4 is 4.90 Å². The minimum Gasteiger partial charge on any atom is -0.372 e. The molecule has 1 aliphatic rings. The predicted octanol–water partition coefficient (Wildman–Crippen LogP) is 3.26. The summed E-state index contributed by atoms with van der Waals surface area (Å²) >= 11 is 6.15. The number of ether oxygens (including phenoxy) is 1. The Kier molecular flexibility index (Phi) is 3.41. The summed E-state index contributed by atoms with van der Waals surface area (Å²) in [6.45, 7) is 8.11. The number of rotatable bonds is 1. The van der Waals surface area contributed by atoms with Crippen molar-refractivity contribution in [3.63, 3.8) is 0 Å². The van der Waals surface area contributed by atoms with Crippen LogP contribution in [0, 0.1) is 6.92 Å². The first-order valence-corrected chi connectivity index (χ1v) is 6.10. The smallest absolute Gasteiger partial charge is 0.0726 e. The van der Waals surface area contributed by atoms with E-state index >= 15 is 0 Å². The van der Waals surface area contributed by atoms with E-state index in [-0.39, 0.29) is 12.2 Å².